The van der Waals surface area contributed by atoms with Crippen LogP contribution >= 0.6 is 11.6 Å². The number of hydrogen-bond donors (Lipinski definition) is 1. The zero-order valence-electron chi connectivity index (χ0n) is 24.1. The van der Waals surface area contributed by atoms with Gasteiger partial charge in [-0.2, -0.15) is 0 Å². The highest BCUT2D eigenvalue weighted by Gasteiger charge is 2.38. The molecule has 0 aromatic heterocycles. The molecule has 4 unspecified atom stereocenters. The molecule has 1 N–H and O–H groups in total. The van der Waals surface area contributed by atoms with Gasteiger partial charge in [-0.3, -0.25) is 9.79 Å². The van der Waals surface area contributed by atoms with Crippen LogP contribution in [0.4, 0.5) is 0 Å². The lowest BCUT2D eigenvalue weighted by atomic mass is 9.76. The van der Waals surface area contributed by atoms with Gasteiger partial charge in [0.2, 0.25) is 5.91 Å². The summed E-state index contributed by atoms with van der Waals surface area (Å²) < 4.78 is 6.32. The van der Waals surface area contributed by atoms with Gasteiger partial charge in [0.05, 0.1) is 24.4 Å². The van der Waals surface area contributed by atoms with E-state index in [9.17, 15) is 9.90 Å². The second-order valence-corrected chi connectivity index (χ2v) is 12.7. The molecule has 216 valence electrons. The average Bonchev–Trinajstić information content (AvgIpc) is 3.35. The second-order valence-electron chi connectivity index (χ2n) is 12.2. The minimum atomic E-state index is -0.901. The van der Waals surface area contributed by atoms with E-state index in [0.29, 0.717) is 19.6 Å². The van der Waals surface area contributed by atoms with E-state index < -0.39 is 5.60 Å². The Morgan fingerprint density at radius 1 is 1.27 bits per heavy atom. The maximum atomic E-state index is 12.9. The molecular weight excluding hydrogens is 522 g/mol. The number of allylic oxidation sites excluding steroid dienone is 4. The normalized spacial score (nSPS) is 31.3. The standard InChI is InChI=1S/C33H44ClN3O3/c1-4-32(38)37(20-23-9-12-25(34)13-10-23)26-15-18-36(21-26)17-6-8-27-28-7-5-16-35-30(28)22-40-31-14-11-24(19-29(27)31)33(2,3)39/h5,7-9,11-12,14,16,19,26,28-31,39H,4,6,10,13,15,17-18,20-22H2,1-3H3/b27-8+/t26-,28?,29?,30?,31?/m0/s1. The lowest BCUT2D eigenvalue weighted by Crippen LogP contribution is -2.43. The largest absolute Gasteiger partial charge is 0.386 e. The molecule has 7 heteroatoms. The summed E-state index contributed by atoms with van der Waals surface area (Å²) in [6, 6.07) is 0.330. The number of aliphatic hydroxyl groups is 1. The van der Waals surface area contributed by atoms with Crippen molar-refractivity contribution in [1.29, 1.82) is 0 Å². The van der Waals surface area contributed by atoms with Crippen LogP contribution in [0.5, 0.6) is 0 Å². The van der Waals surface area contributed by atoms with Crippen molar-refractivity contribution in [3.63, 3.8) is 0 Å². The second kappa shape index (κ2) is 12.7. The molecule has 0 bridgehead atoms. The highest BCUT2D eigenvalue weighted by Crippen LogP contribution is 2.40. The molecule has 40 heavy (non-hydrogen) atoms. The van der Waals surface area contributed by atoms with Crippen molar-refractivity contribution in [2.45, 2.75) is 76.7 Å². The number of carbonyl (C=O) groups excluding carboxylic acids is 1. The van der Waals surface area contributed by atoms with Gasteiger partial charge < -0.3 is 19.6 Å². The quantitative estimate of drug-likeness (QED) is 0.402. The van der Waals surface area contributed by atoms with Crippen molar-refractivity contribution in [1.82, 2.24) is 9.80 Å². The summed E-state index contributed by atoms with van der Waals surface area (Å²) in [7, 11) is 0. The minimum Gasteiger partial charge on any atom is -0.386 e. The van der Waals surface area contributed by atoms with Gasteiger partial charge >= 0.3 is 0 Å². The van der Waals surface area contributed by atoms with E-state index >= 15 is 0 Å². The molecule has 0 aromatic rings. The molecule has 2 aliphatic carbocycles. The van der Waals surface area contributed by atoms with E-state index in [4.69, 9.17) is 21.3 Å². The number of aliphatic imine (C=N–C) groups is 1. The first-order valence-electron chi connectivity index (χ1n) is 14.9. The SMILES string of the molecule is CCC(=O)N(CC1=CC=C(Cl)CC1)[C@H]1CCN(CC/C=C2\C3C=CC=NC3COC3C=CC(C(C)(C)O)=CC23)C1. The third-order valence-corrected chi connectivity index (χ3v) is 9.22. The molecule has 3 aliphatic heterocycles. The van der Waals surface area contributed by atoms with Crippen LogP contribution in [0.3, 0.4) is 0 Å². The van der Waals surface area contributed by atoms with E-state index in [1.54, 1.807) is 0 Å². The highest BCUT2D eigenvalue weighted by molar-refractivity contribution is 6.29. The van der Waals surface area contributed by atoms with Crippen LogP contribution in [0.2, 0.25) is 0 Å². The van der Waals surface area contributed by atoms with Crippen molar-refractivity contribution in [2.75, 3.05) is 32.8 Å². The monoisotopic (exact) mass is 565 g/mol. The van der Waals surface area contributed by atoms with Gasteiger partial charge in [-0.25, -0.2) is 0 Å². The van der Waals surface area contributed by atoms with Crippen molar-refractivity contribution in [2.24, 2.45) is 16.8 Å². The van der Waals surface area contributed by atoms with E-state index in [-0.39, 0.29) is 35.9 Å². The van der Waals surface area contributed by atoms with E-state index in [0.717, 1.165) is 55.9 Å². The number of halogens is 1. The minimum absolute atomic E-state index is 0.0462. The number of rotatable bonds is 8. The third-order valence-electron chi connectivity index (χ3n) is 8.91. The summed E-state index contributed by atoms with van der Waals surface area (Å²) in [6.07, 6.45) is 23.2. The first-order valence-corrected chi connectivity index (χ1v) is 15.3. The Morgan fingerprint density at radius 3 is 2.88 bits per heavy atom. The molecule has 2 fully saturated rings. The van der Waals surface area contributed by atoms with E-state index in [1.165, 1.54) is 11.1 Å². The number of fused-ring (bicyclic) bond motifs is 2. The molecule has 0 radical (unpaired) electrons. The van der Waals surface area contributed by atoms with E-state index in [1.807, 2.05) is 45.2 Å². The Morgan fingerprint density at radius 2 is 2.12 bits per heavy atom. The van der Waals surface area contributed by atoms with Crippen molar-refractivity contribution >= 4 is 23.7 Å². The lowest BCUT2D eigenvalue weighted by Gasteiger charge is -2.32. The number of carbonyl (C=O) groups is 1. The molecule has 1 amide bonds. The van der Waals surface area contributed by atoms with Crippen LogP contribution in [-0.4, -0.2) is 83.6 Å². The molecule has 0 spiro atoms. The molecule has 3 heterocycles. The van der Waals surface area contributed by atoms with Gasteiger partial charge in [0.1, 0.15) is 0 Å². The topological polar surface area (TPSA) is 65.4 Å². The summed E-state index contributed by atoms with van der Waals surface area (Å²) in [6.45, 7) is 9.80. The third kappa shape index (κ3) is 6.79. The van der Waals surface area contributed by atoms with Crippen molar-refractivity contribution in [3.8, 4) is 0 Å². The van der Waals surface area contributed by atoms with Gasteiger partial charge in [0.25, 0.3) is 0 Å². The molecule has 2 saturated heterocycles. The fourth-order valence-corrected chi connectivity index (χ4v) is 6.72. The number of dihydropyridines is 1. The highest BCUT2D eigenvalue weighted by atomic mass is 35.5. The molecule has 0 aromatic carbocycles. The van der Waals surface area contributed by atoms with Crippen LogP contribution < -0.4 is 0 Å². The Kier molecular flexibility index (Phi) is 9.31. The van der Waals surface area contributed by atoms with Gasteiger partial charge in [0, 0.05) is 61.7 Å². The van der Waals surface area contributed by atoms with Gasteiger partial charge in [-0.1, -0.05) is 66.1 Å². The summed E-state index contributed by atoms with van der Waals surface area (Å²) in [4.78, 5) is 22.3. The maximum Gasteiger partial charge on any atom is 0.222 e. The smallest absolute Gasteiger partial charge is 0.222 e. The van der Waals surface area contributed by atoms with Gasteiger partial charge in [-0.05, 0) is 57.3 Å². The Labute approximate surface area is 244 Å². The Balaban J connectivity index is 1.28. The Hall–Kier alpha value is -2.25. The first-order chi connectivity index (χ1) is 19.2. The zero-order chi connectivity index (χ0) is 28.3. The van der Waals surface area contributed by atoms with Crippen LogP contribution in [0.15, 0.2) is 75.4 Å². The summed E-state index contributed by atoms with van der Waals surface area (Å²) in [5, 5.41) is 11.6. The fraction of sp³-hybridized carbons (Fsp3) is 0.576. The maximum absolute atomic E-state index is 12.9. The van der Waals surface area contributed by atoms with Gasteiger partial charge in [-0.15, -0.1) is 0 Å². The number of amides is 1. The molecular formula is C33H44ClN3O3. The number of nitrogens with zero attached hydrogens (tertiary/aromatic N) is 3. The summed E-state index contributed by atoms with van der Waals surface area (Å²) >= 11 is 6.16. The van der Waals surface area contributed by atoms with Gasteiger partial charge in [0.15, 0.2) is 0 Å². The number of likely N-dealkylation sites (tertiary alicyclic amines) is 1. The predicted octanol–water partition coefficient (Wildman–Crippen LogP) is 5.37. The lowest BCUT2D eigenvalue weighted by molar-refractivity contribution is -0.132. The molecule has 0 saturated carbocycles. The summed E-state index contributed by atoms with van der Waals surface area (Å²) in [5.41, 5.74) is 2.65. The molecule has 5 atom stereocenters. The van der Waals surface area contributed by atoms with Crippen LogP contribution in [-0.2, 0) is 9.53 Å². The predicted molar refractivity (Wildman–Crippen MR) is 162 cm³/mol. The summed E-state index contributed by atoms with van der Waals surface area (Å²) in [5.74, 6) is 0.506. The molecule has 5 aliphatic rings. The van der Waals surface area contributed by atoms with Crippen molar-refractivity contribution in [3.05, 3.63) is 70.4 Å². The zero-order valence-corrected chi connectivity index (χ0v) is 24.9. The fourth-order valence-electron chi connectivity index (χ4n) is 6.56. The van der Waals surface area contributed by atoms with Crippen LogP contribution in [0, 0.1) is 11.8 Å². The van der Waals surface area contributed by atoms with Crippen molar-refractivity contribution < 1.29 is 14.6 Å². The van der Waals surface area contributed by atoms with E-state index in [2.05, 4.69) is 40.2 Å². The van der Waals surface area contributed by atoms with Crippen LogP contribution in [0.1, 0.15) is 52.9 Å². The Bertz CT molecular complexity index is 1170. The number of ether oxygens (including phenoxy) is 1. The first kappa shape index (κ1) is 29.2. The van der Waals surface area contributed by atoms with Crippen LogP contribution in [0.25, 0.3) is 0 Å². The average molecular weight is 566 g/mol. The molecule has 5 rings (SSSR count). The number of hydrogen-bond acceptors (Lipinski definition) is 5. The molecule has 6 nitrogen and oxygen atoms in total.